The van der Waals surface area contributed by atoms with Crippen LogP contribution >= 0.6 is 11.3 Å². The molecule has 0 saturated heterocycles. The molecule has 0 atom stereocenters. The molecule has 20 heavy (non-hydrogen) atoms. The van der Waals surface area contributed by atoms with Crippen LogP contribution in [0.2, 0.25) is 0 Å². The first kappa shape index (κ1) is 13.5. The highest BCUT2D eigenvalue weighted by atomic mass is 32.1. The van der Waals surface area contributed by atoms with E-state index < -0.39 is 0 Å². The van der Waals surface area contributed by atoms with E-state index >= 15 is 0 Å². The third-order valence-electron chi connectivity index (χ3n) is 3.71. The Labute approximate surface area is 124 Å². The van der Waals surface area contributed by atoms with Crippen molar-refractivity contribution in [1.82, 2.24) is 4.90 Å². The highest BCUT2D eigenvalue weighted by Gasteiger charge is 2.29. The van der Waals surface area contributed by atoms with Gasteiger partial charge in [0.05, 0.1) is 12.8 Å². The van der Waals surface area contributed by atoms with Crippen molar-refractivity contribution in [2.45, 2.75) is 32.0 Å². The minimum atomic E-state index is 0.719. The molecule has 1 aliphatic carbocycles. The van der Waals surface area contributed by atoms with Crippen LogP contribution in [0.1, 0.15) is 24.0 Å². The molecule has 2 N–H and O–H groups in total. The Balaban J connectivity index is 1.71. The third kappa shape index (κ3) is 3.14. The molecule has 3 nitrogen and oxygen atoms in total. The van der Waals surface area contributed by atoms with Gasteiger partial charge in [0.25, 0.3) is 0 Å². The number of ether oxygens (including phenoxy) is 1. The zero-order valence-corrected chi connectivity index (χ0v) is 12.5. The summed E-state index contributed by atoms with van der Waals surface area (Å²) in [6.45, 7) is 1.98. The fraction of sp³-hybridized carbons (Fsp3) is 0.375. The summed E-state index contributed by atoms with van der Waals surface area (Å²) < 4.78 is 5.21. The monoisotopic (exact) mass is 288 g/mol. The second-order valence-corrected chi connectivity index (χ2v) is 6.12. The molecule has 0 bridgehead atoms. The van der Waals surface area contributed by atoms with Crippen molar-refractivity contribution in [2.75, 3.05) is 12.8 Å². The van der Waals surface area contributed by atoms with Crippen molar-refractivity contribution in [3.8, 4) is 5.75 Å². The normalized spacial score (nSPS) is 14.7. The lowest BCUT2D eigenvalue weighted by atomic mass is 10.1. The van der Waals surface area contributed by atoms with Gasteiger partial charge >= 0.3 is 0 Å². The Hall–Kier alpha value is -1.52. The molecular weight excluding hydrogens is 268 g/mol. The van der Waals surface area contributed by atoms with Crippen LogP contribution < -0.4 is 10.5 Å². The quantitative estimate of drug-likeness (QED) is 0.827. The van der Waals surface area contributed by atoms with E-state index in [1.54, 1.807) is 18.4 Å². The number of thiophene rings is 1. The molecule has 1 aliphatic rings. The fourth-order valence-corrected chi connectivity index (χ4v) is 3.15. The maximum atomic E-state index is 5.99. The number of hydrogen-bond acceptors (Lipinski definition) is 4. The number of benzene rings is 1. The first-order valence-corrected chi connectivity index (χ1v) is 7.88. The molecule has 0 amide bonds. The molecule has 2 aromatic rings. The predicted molar refractivity (Wildman–Crippen MR) is 84.0 cm³/mol. The number of nitrogens with two attached hydrogens (primary N) is 1. The highest BCUT2D eigenvalue weighted by Crippen LogP contribution is 2.31. The van der Waals surface area contributed by atoms with Gasteiger partial charge in [-0.15, -0.1) is 0 Å². The SMILES string of the molecule is COc1ccc(CN(Cc2ccsc2)C2CC2)cc1N. The van der Waals surface area contributed by atoms with Crippen molar-refractivity contribution in [3.63, 3.8) is 0 Å². The van der Waals surface area contributed by atoms with Gasteiger partial charge in [-0.1, -0.05) is 6.07 Å². The Morgan fingerprint density at radius 1 is 1.25 bits per heavy atom. The molecular formula is C16H20N2OS. The lowest BCUT2D eigenvalue weighted by molar-refractivity contribution is 0.246. The minimum absolute atomic E-state index is 0.719. The molecule has 3 rings (SSSR count). The summed E-state index contributed by atoms with van der Waals surface area (Å²) in [6, 6.07) is 9.04. The molecule has 0 unspecified atom stereocenters. The summed E-state index contributed by atoms with van der Waals surface area (Å²) in [5.41, 5.74) is 9.37. The zero-order chi connectivity index (χ0) is 13.9. The number of hydrogen-bond donors (Lipinski definition) is 1. The molecule has 0 aliphatic heterocycles. The van der Waals surface area contributed by atoms with E-state index in [2.05, 4.69) is 27.8 Å². The van der Waals surface area contributed by atoms with Crippen LogP contribution in [0.5, 0.6) is 5.75 Å². The Morgan fingerprint density at radius 3 is 2.65 bits per heavy atom. The van der Waals surface area contributed by atoms with Gasteiger partial charge < -0.3 is 10.5 Å². The van der Waals surface area contributed by atoms with Crippen LogP contribution in [0.3, 0.4) is 0 Å². The van der Waals surface area contributed by atoms with Crippen molar-refractivity contribution in [1.29, 1.82) is 0 Å². The largest absolute Gasteiger partial charge is 0.495 e. The lowest BCUT2D eigenvalue weighted by Crippen LogP contribution is -2.24. The van der Waals surface area contributed by atoms with Crippen molar-refractivity contribution < 1.29 is 4.74 Å². The van der Waals surface area contributed by atoms with E-state index in [1.807, 2.05) is 12.1 Å². The van der Waals surface area contributed by atoms with Gasteiger partial charge in [-0.3, -0.25) is 4.90 Å². The lowest BCUT2D eigenvalue weighted by Gasteiger charge is -2.22. The van der Waals surface area contributed by atoms with E-state index in [4.69, 9.17) is 10.5 Å². The van der Waals surface area contributed by atoms with Gasteiger partial charge in [0.15, 0.2) is 0 Å². The standard InChI is InChI=1S/C16H20N2OS/c1-19-16-5-2-12(8-15(16)17)9-18(14-3-4-14)10-13-6-7-20-11-13/h2,5-8,11,14H,3-4,9-10,17H2,1H3. The van der Waals surface area contributed by atoms with Crippen molar-refractivity contribution in [2.24, 2.45) is 0 Å². The average Bonchev–Trinajstić information content (AvgIpc) is 3.17. The predicted octanol–water partition coefficient (Wildman–Crippen LogP) is 3.50. The van der Waals surface area contributed by atoms with Crippen LogP contribution in [0.25, 0.3) is 0 Å². The molecule has 0 spiro atoms. The molecule has 1 heterocycles. The molecule has 1 saturated carbocycles. The van der Waals surface area contributed by atoms with E-state index in [9.17, 15) is 0 Å². The molecule has 1 fully saturated rings. The van der Waals surface area contributed by atoms with Crippen LogP contribution in [0.15, 0.2) is 35.0 Å². The van der Waals surface area contributed by atoms with Crippen molar-refractivity contribution >= 4 is 17.0 Å². The third-order valence-corrected chi connectivity index (χ3v) is 4.44. The first-order valence-electron chi connectivity index (χ1n) is 6.94. The maximum Gasteiger partial charge on any atom is 0.141 e. The van der Waals surface area contributed by atoms with Crippen LogP contribution in [0, 0.1) is 0 Å². The molecule has 4 heteroatoms. The summed E-state index contributed by atoms with van der Waals surface area (Å²) >= 11 is 1.76. The zero-order valence-electron chi connectivity index (χ0n) is 11.7. The van der Waals surface area contributed by atoms with E-state index in [1.165, 1.54) is 24.0 Å². The highest BCUT2D eigenvalue weighted by molar-refractivity contribution is 7.07. The van der Waals surface area contributed by atoms with E-state index in [0.29, 0.717) is 0 Å². The Kier molecular flexibility index (Phi) is 3.94. The number of rotatable bonds is 6. The van der Waals surface area contributed by atoms with Gasteiger partial charge in [-0.25, -0.2) is 0 Å². The van der Waals surface area contributed by atoms with Gasteiger partial charge in [0.1, 0.15) is 5.75 Å². The second-order valence-electron chi connectivity index (χ2n) is 5.34. The minimum Gasteiger partial charge on any atom is -0.495 e. The maximum absolute atomic E-state index is 5.99. The van der Waals surface area contributed by atoms with Crippen LogP contribution in [-0.2, 0) is 13.1 Å². The van der Waals surface area contributed by atoms with Gasteiger partial charge in [-0.05, 0) is 52.9 Å². The number of nitrogen functional groups attached to an aromatic ring is 1. The van der Waals surface area contributed by atoms with E-state index in [-0.39, 0.29) is 0 Å². The van der Waals surface area contributed by atoms with Gasteiger partial charge in [0, 0.05) is 19.1 Å². The summed E-state index contributed by atoms with van der Waals surface area (Å²) in [6.07, 6.45) is 2.63. The molecule has 1 aromatic carbocycles. The van der Waals surface area contributed by atoms with Gasteiger partial charge in [-0.2, -0.15) is 11.3 Å². The molecule has 0 radical (unpaired) electrons. The average molecular weight is 288 g/mol. The van der Waals surface area contributed by atoms with Crippen LogP contribution in [-0.4, -0.2) is 18.1 Å². The van der Waals surface area contributed by atoms with E-state index in [0.717, 1.165) is 30.6 Å². The van der Waals surface area contributed by atoms with Crippen molar-refractivity contribution in [3.05, 3.63) is 46.2 Å². The topological polar surface area (TPSA) is 38.5 Å². The first-order chi connectivity index (χ1) is 9.76. The molecule has 106 valence electrons. The Bertz CT molecular complexity index is 564. The summed E-state index contributed by atoms with van der Waals surface area (Å²) in [5, 5.41) is 4.38. The summed E-state index contributed by atoms with van der Waals surface area (Å²) in [7, 11) is 1.65. The smallest absolute Gasteiger partial charge is 0.141 e. The molecule has 1 aromatic heterocycles. The number of methoxy groups -OCH3 is 1. The van der Waals surface area contributed by atoms with Gasteiger partial charge in [0.2, 0.25) is 0 Å². The second kappa shape index (κ2) is 5.85. The summed E-state index contributed by atoms with van der Waals surface area (Å²) in [4.78, 5) is 2.54. The number of nitrogens with zero attached hydrogens (tertiary/aromatic N) is 1. The summed E-state index contributed by atoms with van der Waals surface area (Å²) in [5.74, 6) is 0.754. The fourth-order valence-electron chi connectivity index (χ4n) is 2.49. The van der Waals surface area contributed by atoms with Crippen LogP contribution in [0.4, 0.5) is 5.69 Å². The Morgan fingerprint density at radius 2 is 2.05 bits per heavy atom. The number of anilines is 1.